The number of nitriles is 1. The second kappa shape index (κ2) is 7.39. The van der Waals surface area contributed by atoms with Gasteiger partial charge in [0.25, 0.3) is 0 Å². The molecule has 1 aromatic heterocycles. The van der Waals surface area contributed by atoms with Gasteiger partial charge < -0.3 is 10.4 Å². The van der Waals surface area contributed by atoms with E-state index in [-0.39, 0.29) is 18.6 Å². The average Bonchev–Trinajstić information content (AvgIpc) is 2.92. The Labute approximate surface area is 122 Å². The quantitative estimate of drug-likeness (QED) is 0.868. The second-order valence-corrected chi connectivity index (χ2v) is 5.86. The summed E-state index contributed by atoms with van der Waals surface area (Å²) in [5.74, 6) is -0.0776. The van der Waals surface area contributed by atoms with E-state index < -0.39 is 0 Å². The zero-order chi connectivity index (χ0) is 14.4. The number of nitrogens with one attached hydrogen (secondary N) is 1. The van der Waals surface area contributed by atoms with Gasteiger partial charge in [0.1, 0.15) is 11.1 Å². The molecule has 0 bridgehead atoms. The molecule has 1 unspecified atom stereocenters. The molecule has 1 fully saturated rings. The maximum Gasteiger partial charge on any atom is 0.226 e. The van der Waals surface area contributed by atoms with Crippen LogP contribution in [0.25, 0.3) is 0 Å². The molecule has 108 valence electrons. The van der Waals surface area contributed by atoms with Crippen molar-refractivity contribution in [3.05, 3.63) is 17.0 Å². The van der Waals surface area contributed by atoms with E-state index in [2.05, 4.69) is 16.3 Å². The van der Waals surface area contributed by atoms with Gasteiger partial charge in [-0.05, 0) is 30.8 Å². The summed E-state index contributed by atoms with van der Waals surface area (Å²) in [6, 6.07) is 3.94. The number of likely N-dealkylation sites (tertiary alicyclic amines) is 1. The zero-order valence-electron chi connectivity index (χ0n) is 11.3. The predicted octanol–water partition coefficient (Wildman–Crippen LogP) is 1.80. The van der Waals surface area contributed by atoms with Crippen molar-refractivity contribution in [2.24, 2.45) is 0 Å². The fourth-order valence-electron chi connectivity index (χ4n) is 2.49. The highest BCUT2D eigenvalue weighted by Gasteiger charge is 2.22. The molecule has 5 nitrogen and oxygen atoms in total. The predicted molar refractivity (Wildman–Crippen MR) is 78.6 cm³/mol. The highest BCUT2D eigenvalue weighted by atomic mass is 32.1. The van der Waals surface area contributed by atoms with E-state index in [1.54, 1.807) is 11.4 Å². The van der Waals surface area contributed by atoms with Gasteiger partial charge in [-0.1, -0.05) is 6.42 Å². The third-order valence-electron chi connectivity index (χ3n) is 3.62. The second-order valence-electron chi connectivity index (χ2n) is 4.94. The standard InChI is InChI=1S/C14H19N3O2S/c15-9-11-5-8-20-14(11)16-13(19)4-7-17-6-2-1-3-12(17)10-18/h5,8,12,18H,1-4,6-7,10H2,(H,16,19). The SMILES string of the molecule is N#Cc1ccsc1NC(=O)CCN1CCCCC1CO. The van der Waals surface area contributed by atoms with Crippen LogP contribution >= 0.6 is 11.3 Å². The van der Waals surface area contributed by atoms with Crippen LogP contribution in [0, 0.1) is 11.3 Å². The molecule has 1 saturated heterocycles. The summed E-state index contributed by atoms with van der Waals surface area (Å²) in [6.45, 7) is 1.76. The van der Waals surface area contributed by atoms with Crippen molar-refractivity contribution >= 4 is 22.2 Å². The number of aliphatic hydroxyl groups is 1. The topological polar surface area (TPSA) is 76.4 Å². The zero-order valence-corrected chi connectivity index (χ0v) is 12.2. The minimum atomic E-state index is -0.0776. The molecule has 1 aliphatic rings. The van der Waals surface area contributed by atoms with Crippen LogP contribution in [0.5, 0.6) is 0 Å². The molecule has 2 N–H and O–H groups in total. The smallest absolute Gasteiger partial charge is 0.226 e. The first kappa shape index (κ1) is 15.0. The fraction of sp³-hybridized carbons (Fsp3) is 0.571. The van der Waals surface area contributed by atoms with Gasteiger partial charge in [0.15, 0.2) is 0 Å². The highest BCUT2D eigenvalue weighted by Crippen LogP contribution is 2.22. The van der Waals surface area contributed by atoms with Crippen LogP contribution in [0.3, 0.4) is 0 Å². The Balaban J connectivity index is 1.81. The van der Waals surface area contributed by atoms with E-state index in [0.717, 1.165) is 25.8 Å². The van der Waals surface area contributed by atoms with Crippen LogP contribution in [0.1, 0.15) is 31.2 Å². The molecule has 0 saturated carbocycles. The third-order valence-corrected chi connectivity index (χ3v) is 4.45. The Hall–Kier alpha value is -1.42. The molecule has 0 aliphatic carbocycles. The number of hydrogen-bond acceptors (Lipinski definition) is 5. The molecular weight excluding hydrogens is 274 g/mol. The van der Waals surface area contributed by atoms with Crippen molar-refractivity contribution < 1.29 is 9.90 Å². The van der Waals surface area contributed by atoms with Crippen LogP contribution < -0.4 is 5.32 Å². The lowest BCUT2D eigenvalue weighted by atomic mass is 10.0. The number of aliphatic hydroxyl groups excluding tert-OH is 1. The van der Waals surface area contributed by atoms with Crippen molar-refractivity contribution in [2.45, 2.75) is 31.7 Å². The molecule has 6 heteroatoms. The van der Waals surface area contributed by atoms with Gasteiger partial charge in [0.2, 0.25) is 5.91 Å². The monoisotopic (exact) mass is 293 g/mol. The number of rotatable bonds is 5. The summed E-state index contributed by atoms with van der Waals surface area (Å²) in [4.78, 5) is 14.1. The maximum atomic E-state index is 11.9. The van der Waals surface area contributed by atoms with E-state index in [0.29, 0.717) is 23.5 Å². The molecule has 1 atom stereocenters. The molecule has 1 aromatic rings. The maximum absolute atomic E-state index is 11.9. The van der Waals surface area contributed by atoms with Crippen LogP contribution in [0.15, 0.2) is 11.4 Å². The summed E-state index contributed by atoms with van der Waals surface area (Å²) in [7, 11) is 0. The van der Waals surface area contributed by atoms with Crippen LogP contribution in [0.4, 0.5) is 5.00 Å². The highest BCUT2D eigenvalue weighted by molar-refractivity contribution is 7.14. The number of anilines is 1. The molecule has 0 radical (unpaired) electrons. The Morgan fingerprint density at radius 2 is 2.45 bits per heavy atom. The van der Waals surface area contributed by atoms with Gasteiger partial charge in [-0.2, -0.15) is 5.26 Å². The number of carbonyl (C=O) groups is 1. The molecule has 2 heterocycles. The number of hydrogen-bond donors (Lipinski definition) is 2. The lowest BCUT2D eigenvalue weighted by molar-refractivity contribution is -0.116. The Bertz CT molecular complexity index is 495. The first-order valence-corrected chi connectivity index (χ1v) is 7.75. The van der Waals surface area contributed by atoms with E-state index in [4.69, 9.17) is 5.26 Å². The van der Waals surface area contributed by atoms with Gasteiger partial charge in [-0.25, -0.2) is 0 Å². The van der Waals surface area contributed by atoms with E-state index in [1.807, 2.05) is 0 Å². The van der Waals surface area contributed by atoms with E-state index in [1.165, 1.54) is 11.3 Å². The molecule has 2 rings (SSSR count). The molecule has 1 aliphatic heterocycles. The summed E-state index contributed by atoms with van der Waals surface area (Å²) in [5, 5.41) is 23.4. The van der Waals surface area contributed by atoms with Crippen molar-refractivity contribution in [3.8, 4) is 6.07 Å². The fourth-order valence-corrected chi connectivity index (χ4v) is 3.24. The minimum absolute atomic E-state index is 0.0776. The van der Waals surface area contributed by atoms with E-state index in [9.17, 15) is 9.90 Å². The first-order chi connectivity index (χ1) is 9.74. The largest absolute Gasteiger partial charge is 0.395 e. The Morgan fingerprint density at radius 1 is 1.60 bits per heavy atom. The van der Waals surface area contributed by atoms with Crippen LogP contribution in [-0.4, -0.2) is 41.7 Å². The van der Waals surface area contributed by atoms with Gasteiger partial charge in [-0.15, -0.1) is 11.3 Å². The van der Waals surface area contributed by atoms with Gasteiger partial charge in [0.05, 0.1) is 12.2 Å². The van der Waals surface area contributed by atoms with Gasteiger partial charge in [0, 0.05) is 19.0 Å². The number of piperidine rings is 1. The van der Waals surface area contributed by atoms with Crippen molar-refractivity contribution in [1.82, 2.24) is 4.90 Å². The lowest BCUT2D eigenvalue weighted by Gasteiger charge is -2.34. The minimum Gasteiger partial charge on any atom is -0.395 e. The summed E-state index contributed by atoms with van der Waals surface area (Å²) >= 11 is 1.36. The molecule has 20 heavy (non-hydrogen) atoms. The van der Waals surface area contributed by atoms with Crippen molar-refractivity contribution in [1.29, 1.82) is 5.26 Å². The molecule has 1 amide bonds. The van der Waals surface area contributed by atoms with Gasteiger partial charge >= 0.3 is 0 Å². The Kier molecular flexibility index (Phi) is 5.53. The number of amides is 1. The molecular formula is C14H19N3O2S. The number of carbonyl (C=O) groups excluding carboxylic acids is 1. The third kappa shape index (κ3) is 3.79. The molecule has 0 aromatic carbocycles. The van der Waals surface area contributed by atoms with Crippen molar-refractivity contribution in [2.75, 3.05) is 25.0 Å². The summed E-state index contributed by atoms with van der Waals surface area (Å²) < 4.78 is 0. The average molecular weight is 293 g/mol. The molecule has 0 spiro atoms. The van der Waals surface area contributed by atoms with Gasteiger partial charge in [-0.3, -0.25) is 9.69 Å². The van der Waals surface area contributed by atoms with Crippen LogP contribution in [-0.2, 0) is 4.79 Å². The normalized spacial score (nSPS) is 19.5. The number of thiophene rings is 1. The lowest BCUT2D eigenvalue weighted by Crippen LogP contribution is -2.43. The summed E-state index contributed by atoms with van der Waals surface area (Å²) in [5.41, 5.74) is 0.509. The number of nitrogens with zero attached hydrogens (tertiary/aromatic N) is 2. The van der Waals surface area contributed by atoms with Crippen LogP contribution in [0.2, 0.25) is 0 Å². The Morgan fingerprint density at radius 3 is 3.20 bits per heavy atom. The summed E-state index contributed by atoms with van der Waals surface area (Å²) in [6.07, 6.45) is 3.66. The van der Waals surface area contributed by atoms with Crippen molar-refractivity contribution in [3.63, 3.8) is 0 Å². The van der Waals surface area contributed by atoms with E-state index >= 15 is 0 Å². The first-order valence-electron chi connectivity index (χ1n) is 6.87.